The van der Waals surface area contributed by atoms with Gasteiger partial charge in [0.1, 0.15) is 0 Å². The van der Waals surface area contributed by atoms with E-state index in [9.17, 15) is 8.42 Å². The summed E-state index contributed by atoms with van der Waals surface area (Å²) in [4.78, 5) is 1.44. The summed E-state index contributed by atoms with van der Waals surface area (Å²) < 4.78 is 33.2. The zero-order valence-corrected chi connectivity index (χ0v) is 19.8. The minimum Gasteiger partial charge on any atom is -0.316 e. The highest BCUT2D eigenvalue weighted by atomic mass is 79.9. The van der Waals surface area contributed by atoms with Gasteiger partial charge in [-0.3, -0.25) is 4.18 Å². The largest absolute Gasteiger partial charge is 0.316 e. The van der Waals surface area contributed by atoms with Crippen molar-refractivity contribution in [2.45, 2.75) is 30.3 Å². The second-order valence-corrected chi connectivity index (χ2v) is 11.1. The second-order valence-electron chi connectivity index (χ2n) is 7.69. The fourth-order valence-electron chi connectivity index (χ4n) is 3.95. The number of benzene rings is 2. The Labute approximate surface area is 190 Å². The molecule has 3 unspecified atom stereocenters. The highest BCUT2D eigenvalue weighted by molar-refractivity contribution is 9.10. The molecule has 4 nitrogen and oxygen atoms in total. The summed E-state index contributed by atoms with van der Waals surface area (Å²) in [7, 11) is -3.87. The van der Waals surface area contributed by atoms with Gasteiger partial charge in [-0.25, -0.2) is 0 Å². The number of nitrogens with one attached hydrogen (secondary N) is 1. The van der Waals surface area contributed by atoms with Crippen LogP contribution in [0.4, 0.5) is 0 Å². The molecule has 0 radical (unpaired) electrons. The molecule has 0 spiro atoms. The Balaban J connectivity index is 1.64. The molecule has 0 saturated carbocycles. The molecule has 2 aromatic carbocycles. The fourth-order valence-corrected chi connectivity index (χ4v) is 6.69. The van der Waals surface area contributed by atoms with Gasteiger partial charge in [0.15, 0.2) is 0 Å². The fraction of sp³-hybridized carbons (Fsp3) is 0.304. The van der Waals surface area contributed by atoms with Crippen molar-refractivity contribution in [3.05, 3.63) is 86.5 Å². The van der Waals surface area contributed by atoms with E-state index in [4.69, 9.17) is 4.18 Å². The molecule has 0 amide bonds. The van der Waals surface area contributed by atoms with E-state index in [0.29, 0.717) is 6.42 Å². The Bertz CT molecular complexity index is 1080. The van der Waals surface area contributed by atoms with Gasteiger partial charge in [0.25, 0.3) is 10.1 Å². The quantitative estimate of drug-likeness (QED) is 0.451. The summed E-state index contributed by atoms with van der Waals surface area (Å²) >= 11 is 5.24. The van der Waals surface area contributed by atoms with Crippen molar-refractivity contribution >= 4 is 37.4 Å². The number of halogens is 1. The first-order chi connectivity index (χ1) is 14.4. The van der Waals surface area contributed by atoms with E-state index < -0.39 is 16.2 Å². The Morgan fingerprint density at radius 2 is 1.87 bits per heavy atom. The third-order valence-electron chi connectivity index (χ3n) is 5.53. The van der Waals surface area contributed by atoms with Gasteiger partial charge in [-0.15, -0.1) is 11.3 Å². The van der Waals surface area contributed by atoms with E-state index in [0.717, 1.165) is 28.7 Å². The van der Waals surface area contributed by atoms with Crippen LogP contribution in [0, 0.1) is 12.8 Å². The average Bonchev–Trinajstić information content (AvgIpc) is 3.37. The molecular formula is C23H24BrNO3S2. The number of aryl methyl sites for hydroxylation is 1. The SMILES string of the molecule is Cc1ccc(S(=O)(=O)OC(Cc2ccccc2)C2CNCC2c2cc(Br)cs2)cc1. The Morgan fingerprint density at radius 1 is 1.13 bits per heavy atom. The van der Waals surface area contributed by atoms with Crippen LogP contribution in [0.3, 0.4) is 0 Å². The Morgan fingerprint density at radius 3 is 2.53 bits per heavy atom. The second kappa shape index (κ2) is 9.32. The monoisotopic (exact) mass is 505 g/mol. The van der Waals surface area contributed by atoms with Crippen molar-refractivity contribution in [3.63, 3.8) is 0 Å². The van der Waals surface area contributed by atoms with Crippen molar-refractivity contribution in [1.82, 2.24) is 5.32 Å². The number of rotatable bonds is 7. The Hall–Kier alpha value is -1.51. The van der Waals surface area contributed by atoms with E-state index in [-0.39, 0.29) is 16.7 Å². The molecule has 3 atom stereocenters. The highest BCUT2D eigenvalue weighted by Crippen LogP contribution is 2.38. The van der Waals surface area contributed by atoms with Crippen LogP contribution in [-0.4, -0.2) is 27.6 Å². The molecule has 1 N–H and O–H groups in total. The summed E-state index contributed by atoms with van der Waals surface area (Å²) in [5.74, 6) is 0.263. The highest BCUT2D eigenvalue weighted by Gasteiger charge is 2.38. The molecule has 4 rings (SSSR count). The molecule has 3 aromatic rings. The predicted molar refractivity (Wildman–Crippen MR) is 125 cm³/mol. The maximum Gasteiger partial charge on any atom is 0.297 e. The first kappa shape index (κ1) is 21.7. The topological polar surface area (TPSA) is 55.4 Å². The summed E-state index contributed by atoms with van der Waals surface area (Å²) in [6.45, 7) is 3.47. The molecule has 0 aliphatic carbocycles. The van der Waals surface area contributed by atoms with Crippen LogP contribution in [0.1, 0.15) is 21.9 Å². The molecule has 0 bridgehead atoms. The Kier molecular flexibility index (Phi) is 6.75. The standard InChI is InChI=1S/C23H24BrNO3S2/c1-16-7-9-19(10-8-16)30(26,27)28-22(11-17-5-3-2-4-6-17)20-13-25-14-21(20)23-12-18(24)15-29-23/h2-10,12,15,20-22,25H,11,13-14H2,1H3. The minimum atomic E-state index is -3.87. The molecule has 2 heterocycles. The van der Waals surface area contributed by atoms with Gasteiger partial charge in [-0.2, -0.15) is 8.42 Å². The lowest BCUT2D eigenvalue weighted by Crippen LogP contribution is -2.33. The third-order valence-corrected chi connectivity index (χ3v) is 8.71. The molecule has 1 aliphatic rings. The average molecular weight is 506 g/mol. The summed E-state index contributed by atoms with van der Waals surface area (Å²) in [5, 5.41) is 5.52. The minimum absolute atomic E-state index is 0.0518. The molecule has 30 heavy (non-hydrogen) atoms. The smallest absolute Gasteiger partial charge is 0.297 e. The summed E-state index contributed by atoms with van der Waals surface area (Å²) in [5.41, 5.74) is 2.08. The first-order valence-electron chi connectivity index (χ1n) is 9.91. The normalized spacial score (nSPS) is 20.3. The molecule has 1 fully saturated rings. The lowest BCUT2D eigenvalue weighted by atomic mass is 9.86. The zero-order valence-electron chi connectivity index (χ0n) is 16.6. The van der Waals surface area contributed by atoms with E-state index in [1.54, 1.807) is 35.6 Å². The van der Waals surface area contributed by atoms with Crippen molar-refractivity contribution < 1.29 is 12.6 Å². The van der Waals surface area contributed by atoms with E-state index in [1.807, 2.05) is 37.3 Å². The maximum absolute atomic E-state index is 13.1. The lowest BCUT2D eigenvalue weighted by molar-refractivity contribution is 0.141. The number of hydrogen-bond donors (Lipinski definition) is 1. The van der Waals surface area contributed by atoms with Crippen molar-refractivity contribution in [2.24, 2.45) is 5.92 Å². The van der Waals surface area contributed by atoms with E-state index in [2.05, 4.69) is 32.7 Å². The van der Waals surface area contributed by atoms with Crippen LogP contribution in [0.15, 0.2) is 75.4 Å². The van der Waals surface area contributed by atoms with Crippen LogP contribution >= 0.6 is 27.3 Å². The van der Waals surface area contributed by atoms with Gasteiger partial charge in [-0.05, 0) is 46.6 Å². The van der Waals surface area contributed by atoms with Crippen LogP contribution in [-0.2, 0) is 20.7 Å². The van der Waals surface area contributed by atoms with Crippen molar-refractivity contribution in [2.75, 3.05) is 13.1 Å². The van der Waals surface area contributed by atoms with Crippen LogP contribution in [0.5, 0.6) is 0 Å². The van der Waals surface area contributed by atoms with E-state index in [1.165, 1.54) is 4.88 Å². The molecule has 1 saturated heterocycles. The van der Waals surface area contributed by atoms with Crippen LogP contribution in [0.2, 0.25) is 0 Å². The van der Waals surface area contributed by atoms with Crippen molar-refractivity contribution in [3.8, 4) is 0 Å². The molecule has 1 aliphatic heterocycles. The molecule has 158 valence electrons. The third kappa shape index (κ3) is 5.03. The predicted octanol–water partition coefficient (Wildman–Crippen LogP) is 5.14. The summed E-state index contributed by atoms with van der Waals surface area (Å²) in [6.07, 6.45) is 0.0843. The van der Waals surface area contributed by atoms with Crippen LogP contribution in [0.25, 0.3) is 0 Å². The lowest BCUT2D eigenvalue weighted by Gasteiger charge is -2.27. The molecule has 1 aromatic heterocycles. The molecule has 7 heteroatoms. The number of thiophene rings is 1. The number of hydrogen-bond acceptors (Lipinski definition) is 5. The zero-order chi connectivity index (χ0) is 21.1. The van der Waals surface area contributed by atoms with Gasteiger partial charge in [0, 0.05) is 46.1 Å². The van der Waals surface area contributed by atoms with Gasteiger partial charge in [0.05, 0.1) is 11.0 Å². The molecular weight excluding hydrogens is 482 g/mol. The van der Waals surface area contributed by atoms with Crippen LogP contribution < -0.4 is 5.32 Å². The van der Waals surface area contributed by atoms with Crippen molar-refractivity contribution in [1.29, 1.82) is 0 Å². The van der Waals surface area contributed by atoms with Gasteiger partial charge in [-0.1, -0.05) is 48.0 Å². The van der Waals surface area contributed by atoms with E-state index >= 15 is 0 Å². The van der Waals surface area contributed by atoms with Gasteiger partial charge >= 0.3 is 0 Å². The van der Waals surface area contributed by atoms with Gasteiger partial charge in [0.2, 0.25) is 0 Å². The summed E-state index contributed by atoms with van der Waals surface area (Å²) in [6, 6.07) is 18.9. The maximum atomic E-state index is 13.1. The van der Waals surface area contributed by atoms with Gasteiger partial charge < -0.3 is 5.32 Å². The first-order valence-corrected chi connectivity index (χ1v) is 13.0.